The van der Waals surface area contributed by atoms with Crippen LogP contribution in [-0.2, 0) is 11.3 Å². The van der Waals surface area contributed by atoms with Crippen molar-refractivity contribution in [1.29, 1.82) is 5.41 Å². The number of rotatable bonds is 2. The summed E-state index contributed by atoms with van der Waals surface area (Å²) in [5, 5.41) is 17.0. The van der Waals surface area contributed by atoms with Crippen LogP contribution >= 0.6 is 0 Å². The molecule has 0 unspecified atom stereocenters. The molecule has 0 saturated heterocycles. The topological polar surface area (TPSA) is 112 Å². The summed E-state index contributed by atoms with van der Waals surface area (Å²) in [5.74, 6) is -0.366. The molecule has 1 aromatic heterocycles. The van der Waals surface area contributed by atoms with Crippen molar-refractivity contribution in [3.8, 4) is 0 Å². The van der Waals surface area contributed by atoms with Crippen molar-refractivity contribution in [3.05, 3.63) is 34.5 Å². The molecule has 1 heterocycles. The number of methoxy groups -OCH3 is 1. The predicted molar refractivity (Wildman–Crippen MR) is 56.1 cm³/mol. The molecule has 0 bridgehead atoms. The standard InChI is InChI=1S/C10H11N3O3/c1-16-10-6(11)5-4(3-14)2-13-8(5)9(15)7(10)12/h2,11,13-14H,3,12H2,1H3. The van der Waals surface area contributed by atoms with Crippen molar-refractivity contribution in [2.75, 3.05) is 7.11 Å². The molecule has 84 valence electrons. The van der Waals surface area contributed by atoms with Crippen molar-refractivity contribution >= 4 is 11.5 Å². The third kappa shape index (κ3) is 1.17. The maximum atomic E-state index is 11.8. The molecule has 0 saturated carbocycles. The molecule has 16 heavy (non-hydrogen) atoms. The van der Waals surface area contributed by atoms with Gasteiger partial charge in [-0.3, -0.25) is 10.2 Å². The van der Waals surface area contributed by atoms with Gasteiger partial charge >= 0.3 is 0 Å². The molecule has 5 N–H and O–H groups in total. The van der Waals surface area contributed by atoms with Crippen LogP contribution in [0.4, 0.5) is 0 Å². The van der Waals surface area contributed by atoms with Crippen LogP contribution in [0.3, 0.4) is 0 Å². The average molecular weight is 221 g/mol. The van der Waals surface area contributed by atoms with Crippen molar-refractivity contribution < 1.29 is 14.6 Å². The van der Waals surface area contributed by atoms with Crippen LogP contribution in [0, 0.1) is 5.41 Å². The van der Waals surface area contributed by atoms with Gasteiger partial charge in [-0.05, 0) is 0 Å². The number of fused-ring (bicyclic) bond motifs is 1. The smallest absolute Gasteiger partial charge is 0.229 e. The lowest BCUT2D eigenvalue weighted by atomic mass is 9.94. The first-order chi connectivity index (χ1) is 7.61. The van der Waals surface area contributed by atoms with E-state index >= 15 is 0 Å². The second-order valence-corrected chi connectivity index (χ2v) is 3.37. The van der Waals surface area contributed by atoms with Gasteiger partial charge in [0, 0.05) is 17.3 Å². The molecule has 6 heteroatoms. The van der Waals surface area contributed by atoms with Crippen LogP contribution in [0.25, 0.3) is 0 Å². The van der Waals surface area contributed by atoms with Gasteiger partial charge in [0.15, 0.2) is 5.76 Å². The van der Waals surface area contributed by atoms with Gasteiger partial charge in [0.1, 0.15) is 11.4 Å². The zero-order valence-electron chi connectivity index (χ0n) is 8.63. The Hall–Kier alpha value is -2.08. The molecule has 6 nitrogen and oxygen atoms in total. The summed E-state index contributed by atoms with van der Waals surface area (Å²) in [6.07, 6.45) is 1.49. The van der Waals surface area contributed by atoms with E-state index in [1.54, 1.807) is 0 Å². The van der Waals surface area contributed by atoms with E-state index in [2.05, 4.69) is 4.98 Å². The lowest BCUT2D eigenvalue weighted by Gasteiger charge is -2.17. The summed E-state index contributed by atoms with van der Waals surface area (Å²) < 4.78 is 4.93. The van der Waals surface area contributed by atoms with Gasteiger partial charge < -0.3 is 20.6 Å². The maximum absolute atomic E-state index is 11.8. The van der Waals surface area contributed by atoms with Crippen LogP contribution in [-0.4, -0.2) is 28.7 Å². The van der Waals surface area contributed by atoms with Crippen LogP contribution < -0.4 is 5.73 Å². The first kappa shape index (κ1) is 10.4. The highest BCUT2D eigenvalue weighted by molar-refractivity contribution is 6.26. The van der Waals surface area contributed by atoms with Gasteiger partial charge in [-0.2, -0.15) is 0 Å². The van der Waals surface area contributed by atoms with Crippen LogP contribution in [0.1, 0.15) is 21.6 Å². The van der Waals surface area contributed by atoms with Crippen molar-refractivity contribution in [2.45, 2.75) is 6.61 Å². The number of H-pyrrole nitrogens is 1. The third-order valence-corrected chi connectivity index (χ3v) is 2.53. The summed E-state index contributed by atoms with van der Waals surface area (Å²) >= 11 is 0. The number of nitrogens with two attached hydrogens (primary N) is 1. The molecule has 1 aliphatic rings. The highest BCUT2D eigenvalue weighted by Gasteiger charge is 2.32. The number of allylic oxidation sites excluding steroid dienone is 2. The SMILES string of the molecule is COC1=C(N)C(=O)c2[nH]cc(CO)c2C1=N. The molecular formula is C10H11N3O3. The highest BCUT2D eigenvalue weighted by Crippen LogP contribution is 2.26. The monoisotopic (exact) mass is 221 g/mol. The van der Waals surface area contributed by atoms with Gasteiger partial charge in [0.2, 0.25) is 5.78 Å². The Kier molecular flexibility index (Phi) is 2.28. The van der Waals surface area contributed by atoms with Crippen molar-refractivity contribution in [2.24, 2.45) is 5.73 Å². The van der Waals surface area contributed by atoms with E-state index in [9.17, 15) is 4.79 Å². The molecule has 0 aromatic carbocycles. The average Bonchev–Trinajstić information content (AvgIpc) is 2.70. The fourth-order valence-corrected chi connectivity index (χ4v) is 1.75. The third-order valence-electron chi connectivity index (χ3n) is 2.53. The van der Waals surface area contributed by atoms with E-state index in [1.807, 2.05) is 0 Å². The number of carbonyl (C=O) groups is 1. The molecule has 0 spiro atoms. The lowest BCUT2D eigenvalue weighted by Crippen LogP contribution is -2.27. The number of ether oxygens (including phenoxy) is 1. The Morgan fingerprint density at radius 3 is 2.88 bits per heavy atom. The second kappa shape index (κ2) is 3.49. The minimum atomic E-state index is -0.414. The summed E-state index contributed by atoms with van der Waals surface area (Å²) in [7, 11) is 1.35. The molecule has 0 atom stereocenters. The van der Waals surface area contributed by atoms with Gasteiger partial charge in [0.05, 0.1) is 19.4 Å². The Morgan fingerprint density at radius 1 is 1.62 bits per heavy atom. The number of ketones is 1. The summed E-state index contributed by atoms with van der Waals surface area (Å²) in [5.41, 5.74) is 6.56. The fourth-order valence-electron chi connectivity index (χ4n) is 1.75. The largest absolute Gasteiger partial charge is 0.492 e. The highest BCUT2D eigenvalue weighted by atomic mass is 16.5. The van der Waals surface area contributed by atoms with Crippen LogP contribution in [0.5, 0.6) is 0 Å². The Labute approximate surface area is 91.2 Å². The van der Waals surface area contributed by atoms with Gasteiger partial charge in [-0.1, -0.05) is 0 Å². The molecule has 2 rings (SSSR count). The van der Waals surface area contributed by atoms with Gasteiger partial charge in [0.25, 0.3) is 0 Å². The molecular weight excluding hydrogens is 210 g/mol. The second-order valence-electron chi connectivity index (χ2n) is 3.37. The number of nitrogens with one attached hydrogen (secondary N) is 2. The van der Waals surface area contributed by atoms with Crippen molar-refractivity contribution in [1.82, 2.24) is 4.98 Å². The summed E-state index contributed by atoms with van der Waals surface area (Å²) in [6.45, 7) is -0.252. The van der Waals surface area contributed by atoms with Gasteiger partial charge in [-0.15, -0.1) is 0 Å². The minimum Gasteiger partial charge on any atom is -0.492 e. The molecule has 0 fully saturated rings. The molecule has 0 radical (unpaired) electrons. The normalized spacial score (nSPS) is 15.4. The van der Waals surface area contributed by atoms with E-state index in [0.717, 1.165) is 0 Å². The number of aliphatic hydroxyl groups excluding tert-OH is 1. The summed E-state index contributed by atoms with van der Waals surface area (Å²) in [4.78, 5) is 14.5. The number of hydrogen-bond acceptors (Lipinski definition) is 5. The van der Waals surface area contributed by atoms with Crippen molar-refractivity contribution in [3.63, 3.8) is 0 Å². The first-order valence-corrected chi connectivity index (χ1v) is 4.60. The minimum absolute atomic E-state index is 0.0138. The lowest BCUT2D eigenvalue weighted by molar-refractivity contribution is 0.102. The number of aromatic nitrogens is 1. The van der Waals surface area contributed by atoms with E-state index in [-0.39, 0.29) is 29.5 Å². The van der Waals surface area contributed by atoms with Gasteiger partial charge in [-0.25, -0.2) is 0 Å². The number of Topliss-reactive ketones (excluding diaryl/α,β-unsaturated/α-hetero) is 1. The Balaban J connectivity index is 2.67. The van der Waals surface area contributed by atoms with E-state index < -0.39 is 5.78 Å². The molecule has 0 amide bonds. The van der Waals surface area contributed by atoms with E-state index in [1.165, 1.54) is 13.3 Å². The fraction of sp³-hybridized carbons (Fsp3) is 0.200. The molecule has 0 aliphatic heterocycles. The number of hydrogen-bond donors (Lipinski definition) is 4. The first-order valence-electron chi connectivity index (χ1n) is 4.60. The van der Waals surface area contributed by atoms with E-state index in [0.29, 0.717) is 11.1 Å². The maximum Gasteiger partial charge on any atom is 0.229 e. The number of aliphatic hydroxyl groups is 1. The zero-order chi connectivity index (χ0) is 11.9. The Bertz CT molecular complexity index is 513. The summed E-state index contributed by atoms with van der Waals surface area (Å²) in [6, 6.07) is 0. The Morgan fingerprint density at radius 2 is 2.31 bits per heavy atom. The predicted octanol–water partition coefficient (Wildman–Crippen LogP) is -0.112. The van der Waals surface area contributed by atoms with Crippen LogP contribution in [0.15, 0.2) is 17.7 Å². The van der Waals surface area contributed by atoms with E-state index in [4.69, 9.17) is 21.0 Å². The number of aromatic amines is 1. The van der Waals surface area contributed by atoms with Crippen LogP contribution in [0.2, 0.25) is 0 Å². The zero-order valence-corrected chi connectivity index (χ0v) is 8.63. The molecule has 1 aliphatic carbocycles. The molecule has 1 aromatic rings. The number of carbonyl (C=O) groups excluding carboxylic acids is 1. The quantitative estimate of drug-likeness (QED) is 0.558.